The van der Waals surface area contributed by atoms with Crippen molar-refractivity contribution in [3.63, 3.8) is 0 Å². The van der Waals surface area contributed by atoms with Crippen molar-refractivity contribution < 1.29 is 0 Å². The predicted molar refractivity (Wildman–Crippen MR) is 85.4 cm³/mol. The molecule has 0 bridgehead atoms. The second-order valence-electron chi connectivity index (χ2n) is 6.27. The Morgan fingerprint density at radius 3 is 2.32 bits per heavy atom. The van der Waals surface area contributed by atoms with E-state index in [0.717, 1.165) is 37.4 Å². The van der Waals surface area contributed by atoms with Crippen LogP contribution in [-0.2, 0) is 0 Å². The molecule has 0 aromatic rings. The Labute approximate surface area is 120 Å². The maximum absolute atomic E-state index is 3.87. The van der Waals surface area contributed by atoms with E-state index < -0.39 is 0 Å². The molecule has 1 rings (SSSR count). The first kappa shape index (κ1) is 16.5. The summed E-state index contributed by atoms with van der Waals surface area (Å²) in [6.07, 6.45) is 8.05. The van der Waals surface area contributed by atoms with E-state index in [2.05, 4.69) is 44.3 Å². The summed E-state index contributed by atoms with van der Waals surface area (Å²) >= 11 is 0. The molecule has 0 amide bonds. The zero-order valence-corrected chi connectivity index (χ0v) is 13.1. The molecule has 3 unspecified atom stereocenters. The Hall–Kier alpha value is -0.600. The van der Waals surface area contributed by atoms with Gasteiger partial charge >= 0.3 is 0 Å². The third kappa shape index (κ3) is 5.12. The summed E-state index contributed by atoms with van der Waals surface area (Å²) in [7, 11) is 2.11. The molecule has 110 valence electrons. The van der Waals surface area contributed by atoms with Crippen LogP contribution in [0.3, 0.4) is 0 Å². The van der Waals surface area contributed by atoms with Crippen molar-refractivity contribution in [3.05, 3.63) is 25.3 Å². The van der Waals surface area contributed by atoms with Crippen molar-refractivity contribution in [1.29, 1.82) is 0 Å². The van der Waals surface area contributed by atoms with E-state index in [1.54, 1.807) is 0 Å². The topological polar surface area (TPSA) is 15.3 Å². The highest BCUT2D eigenvalue weighted by atomic mass is 15.1. The van der Waals surface area contributed by atoms with E-state index in [9.17, 15) is 0 Å². The van der Waals surface area contributed by atoms with E-state index in [0.29, 0.717) is 6.04 Å². The lowest BCUT2D eigenvalue weighted by atomic mass is 9.73. The molecule has 19 heavy (non-hydrogen) atoms. The first-order valence-corrected chi connectivity index (χ1v) is 7.73. The number of nitrogens with one attached hydrogen (secondary N) is 1. The predicted octanol–water partition coefficient (Wildman–Crippen LogP) is 3.32. The number of hydrogen-bond donors (Lipinski definition) is 1. The molecule has 2 heteroatoms. The largest absolute Gasteiger partial charge is 0.317 e. The molecule has 3 atom stereocenters. The molecule has 1 N–H and O–H groups in total. The van der Waals surface area contributed by atoms with E-state index in [1.165, 1.54) is 19.3 Å². The van der Waals surface area contributed by atoms with Crippen LogP contribution in [0.15, 0.2) is 25.3 Å². The summed E-state index contributed by atoms with van der Waals surface area (Å²) in [6.45, 7) is 15.6. The summed E-state index contributed by atoms with van der Waals surface area (Å²) in [5, 5.41) is 3.52. The first-order chi connectivity index (χ1) is 9.12. The van der Waals surface area contributed by atoms with Crippen molar-refractivity contribution in [2.75, 3.05) is 26.7 Å². The standard InChI is InChI=1S/C17H32N2/c1-6-10-19(11-7-2)13-16-12-15(14(3)4)8-9-17(16)18-5/h6-7,14-18H,1-2,8-13H2,3-5H3. The monoisotopic (exact) mass is 264 g/mol. The molecule has 1 aliphatic rings. The molecule has 0 aliphatic heterocycles. The van der Waals surface area contributed by atoms with Gasteiger partial charge in [0, 0.05) is 25.7 Å². The summed E-state index contributed by atoms with van der Waals surface area (Å²) in [6, 6.07) is 0.673. The summed E-state index contributed by atoms with van der Waals surface area (Å²) in [5.41, 5.74) is 0. The lowest BCUT2D eigenvalue weighted by Crippen LogP contribution is -2.45. The van der Waals surface area contributed by atoms with Crippen LogP contribution in [0.25, 0.3) is 0 Å². The van der Waals surface area contributed by atoms with Crippen LogP contribution in [0.2, 0.25) is 0 Å². The van der Waals surface area contributed by atoms with E-state index in [1.807, 2.05) is 12.2 Å². The van der Waals surface area contributed by atoms with Gasteiger partial charge in [0.05, 0.1) is 0 Å². The fourth-order valence-corrected chi connectivity index (χ4v) is 3.41. The van der Waals surface area contributed by atoms with E-state index in [4.69, 9.17) is 0 Å². The molecule has 0 aromatic heterocycles. The van der Waals surface area contributed by atoms with Crippen LogP contribution in [0, 0.1) is 17.8 Å². The number of nitrogens with zero attached hydrogens (tertiary/aromatic N) is 1. The van der Waals surface area contributed by atoms with Crippen LogP contribution in [0.4, 0.5) is 0 Å². The molecule has 0 spiro atoms. The van der Waals surface area contributed by atoms with Crippen LogP contribution in [-0.4, -0.2) is 37.6 Å². The number of hydrogen-bond acceptors (Lipinski definition) is 2. The average molecular weight is 264 g/mol. The third-order valence-corrected chi connectivity index (χ3v) is 4.60. The van der Waals surface area contributed by atoms with Gasteiger partial charge in [-0.1, -0.05) is 26.0 Å². The molecular weight excluding hydrogens is 232 g/mol. The smallest absolute Gasteiger partial charge is 0.0164 e. The van der Waals surface area contributed by atoms with Gasteiger partial charge in [-0.3, -0.25) is 4.90 Å². The second-order valence-corrected chi connectivity index (χ2v) is 6.27. The minimum absolute atomic E-state index is 0.673. The molecule has 0 radical (unpaired) electrons. The van der Waals surface area contributed by atoms with Crippen LogP contribution in [0.1, 0.15) is 33.1 Å². The molecule has 0 heterocycles. The molecule has 0 aromatic carbocycles. The summed E-state index contributed by atoms with van der Waals surface area (Å²) in [4.78, 5) is 2.46. The number of rotatable bonds is 8. The van der Waals surface area contributed by atoms with Gasteiger partial charge in [0.25, 0.3) is 0 Å². The fourth-order valence-electron chi connectivity index (χ4n) is 3.41. The molecule has 1 aliphatic carbocycles. The highest BCUT2D eigenvalue weighted by molar-refractivity contribution is 4.89. The third-order valence-electron chi connectivity index (χ3n) is 4.60. The molecule has 1 fully saturated rings. The average Bonchev–Trinajstić information content (AvgIpc) is 2.39. The van der Waals surface area contributed by atoms with Gasteiger partial charge in [-0.05, 0) is 44.1 Å². The Morgan fingerprint density at radius 1 is 1.21 bits per heavy atom. The van der Waals surface area contributed by atoms with Crippen molar-refractivity contribution in [2.24, 2.45) is 17.8 Å². The van der Waals surface area contributed by atoms with Gasteiger partial charge in [-0.2, -0.15) is 0 Å². The Bertz CT molecular complexity index is 262. The first-order valence-electron chi connectivity index (χ1n) is 7.73. The highest BCUT2D eigenvalue weighted by Gasteiger charge is 2.31. The lowest BCUT2D eigenvalue weighted by molar-refractivity contribution is 0.135. The van der Waals surface area contributed by atoms with Crippen molar-refractivity contribution >= 4 is 0 Å². The van der Waals surface area contributed by atoms with Gasteiger partial charge in [-0.25, -0.2) is 0 Å². The van der Waals surface area contributed by atoms with Crippen LogP contribution in [0.5, 0.6) is 0 Å². The SMILES string of the molecule is C=CCN(CC=C)CC1CC(C(C)C)CCC1NC. The Balaban J connectivity index is 2.62. The Kier molecular flexibility index (Phi) is 7.40. The van der Waals surface area contributed by atoms with Gasteiger partial charge < -0.3 is 5.32 Å². The minimum atomic E-state index is 0.673. The highest BCUT2D eigenvalue weighted by Crippen LogP contribution is 2.34. The van der Waals surface area contributed by atoms with E-state index in [-0.39, 0.29) is 0 Å². The van der Waals surface area contributed by atoms with E-state index >= 15 is 0 Å². The zero-order chi connectivity index (χ0) is 14.3. The summed E-state index contributed by atoms with van der Waals surface area (Å²) in [5.74, 6) is 2.46. The van der Waals surface area contributed by atoms with Crippen molar-refractivity contribution in [2.45, 2.75) is 39.2 Å². The quantitative estimate of drug-likeness (QED) is 0.677. The van der Waals surface area contributed by atoms with Gasteiger partial charge in [-0.15, -0.1) is 13.2 Å². The second kappa shape index (κ2) is 8.55. The maximum Gasteiger partial charge on any atom is 0.0164 e. The molecule has 2 nitrogen and oxygen atoms in total. The lowest BCUT2D eigenvalue weighted by Gasteiger charge is -2.40. The van der Waals surface area contributed by atoms with Gasteiger partial charge in [0.1, 0.15) is 0 Å². The zero-order valence-electron chi connectivity index (χ0n) is 13.1. The van der Waals surface area contributed by atoms with Crippen LogP contribution >= 0.6 is 0 Å². The summed E-state index contributed by atoms with van der Waals surface area (Å²) < 4.78 is 0. The molecular formula is C17H32N2. The molecule has 1 saturated carbocycles. The van der Waals surface area contributed by atoms with Gasteiger partial charge in [0.2, 0.25) is 0 Å². The van der Waals surface area contributed by atoms with Crippen molar-refractivity contribution in [1.82, 2.24) is 10.2 Å². The van der Waals surface area contributed by atoms with Gasteiger partial charge in [0.15, 0.2) is 0 Å². The maximum atomic E-state index is 3.87. The van der Waals surface area contributed by atoms with Crippen LogP contribution < -0.4 is 5.32 Å². The minimum Gasteiger partial charge on any atom is -0.317 e. The normalized spacial score (nSPS) is 27.7. The fraction of sp³-hybridized carbons (Fsp3) is 0.765. The molecule has 0 saturated heterocycles. The van der Waals surface area contributed by atoms with Crippen molar-refractivity contribution in [3.8, 4) is 0 Å². The Morgan fingerprint density at radius 2 is 1.84 bits per heavy atom.